The van der Waals surface area contributed by atoms with Crippen molar-refractivity contribution in [3.05, 3.63) is 29.6 Å². The number of amides is 1. The summed E-state index contributed by atoms with van der Waals surface area (Å²) in [6.45, 7) is 4.60. The molecule has 2 aliphatic heterocycles. The van der Waals surface area contributed by atoms with Crippen molar-refractivity contribution in [3.8, 4) is 5.75 Å². The fourth-order valence-electron chi connectivity index (χ4n) is 3.82. The van der Waals surface area contributed by atoms with Crippen LogP contribution in [0.2, 0.25) is 0 Å². The molecule has 0 spiro atoms. The van der Waals surface area contributed by atoms with Gasteiger partial charge in [-0.05, 0) is 43.2 Å². The summed E-state index contributed by atoms with van der Waals surface area (Å²) in [6.07, 6.45) is 3.26. The van der Waals surface area contributed by atoms with Crippen molar-refractivity contribution in [3.63, 3.8) is 0 Å². The first-order valence-electron chi connectivity index (χ1n) is 10.3. The molecule has 0 radical (unpaired) electrons. The first-order chi connectivity index (χ1) is 14.0. The van der Waals surface area contributed by atoms with E-state index in [-0.39, 0.29) is 5.82 Å². The average molecular weight is 425 g/mol. The van der Waals surface area contributed by atoms with Crippen LogP contribution in [0.25, 0.3) is 0 Å². The zero-order valence-electron chi connectivity index (χ0n) is 16.6. The molecule has 160 valence electrons. The van der Waals surface area contributed by atoms with Gasteiger partial charge in [-0.15, -0.1) is 0 Å². The van der Waals surface area contributed by atoms with Crippen LogP contribution in [0, 0.1) is 11.7 Å². The fourth-order valence-corrected chi connectivity index (χ4v) is 4.16. The molecule has 0 aromatic heterocycles. The van der Waals surface area contributed by atoms with Crippen molar-refractivity contribution in [2.24, 2.45) is 5.92 Å². The summed E-state index contributed by atoms with van der Waals surface area (Å²) in [7, 11) is 0. The number of hydrogen-bond acceptors (Lipinski definition) is 4. The molecule has 6 nitrogen and oxygen atoms in total. The highest BCUT2D eigenvalue weighted by Gasteiger charge is 2.22. The Hall–Kier alpha value is -1.93. The number of benzene rings is 1. The number of thiocarbonyl (C=S) groups is 1. The lowest BCUT2D eigenvalue weighted by Crippen LogP contribution is -2.40. The zero-order chi connectivity index (χ0) is 20.6. The van der Waals surface area contributed by atoms with Crippen LogP contribution in [0.3, 0.4) is 0 Å². The molecular weight excluding hydrogens is 395 g/mol. The number of rotatable bonds is 7. The summed E-state index contributed by atoms with van der Waals surface area (Å²) >= 11 is 5.45. The molecule has 0 saturated carbocycles. The topological polar surface area (TPSA) is 62.2 Å². The van der Waals surface area contributed by atoms with E-state index >= 15 is 0 Å². The van der Waals surface area contributed by atoms with Gasteiger partial charge in [-0.3, -0.25) is 0 Å². The minimum Gasteiger partial charge on any atom is -0.493 e. The molecule has 0 bridgehead atoms. The van der Waals surface area contributed by atoms with E-state index in [1.165, 1.54) is 11.0 Å². The van der Waals surface area contributed by atoms with Crippen molar-refractivity contribution in [1.82, 2.24) is 9.80 Å². The monoisotopic (exact) mass is 424 g/mol. The summed E-state index contributed by atoms with van der Waals surface area (Å²) in [5, 5.41) is 8.98. The molecular formula is C21H29FN2O4S. The van der Waals surface area contributed by atoms with Crippen LogP contribution in [0.4, 0.5) is 9.18 Å². The second-order valence-electron chi connectivity index (χ2n) is 7.63. The Morgan fingerprint density at radius 1 is 1.21 bits per heavy atom. The van der Waals surface area contributed by atoms with Crippen molar-refractivity contribution in [2.75, 3.05) is 46.0 Å². The van der Waals surface area contributed by atoms with Crippen molar-refractivity contribution < 1.29 is 23.8 Å². The SMILES string of the molecule is O=C(O)N1CCC(CCCOc2ccc(CC(=S)N3CCOCC3)c(F)c2)CC1. The first kappa shape index (κ1) is 21.8. The summed E-state index contributed by atoms with van der Waals surface area (Å²) in [5.41, 5.74) is 0.582. The quantitative estimate of drug-likeness (QED) is 0.533. The normalized spacial score (nSPS) is 18.0. The number of carboxylic acid groups (broad SMARTS) is 1. The number of nitrogens with zero attached hydrogens (tertiary/aromatic N) is 2. The average Bonchev–Trinajstić information content (AvgIpc) is 2.74. The molecule has 1 N–H and O–H groups in total. The smallest absolute Gasteiger partial charge is 0.407 e. The van der Waals surface area contributed by atoms with Crippen LogP contribution >= 0.6 is 12.2 Å². The molecule has 3 rings (SSSR count). The van der Waals surface area contributed by atoms with E-state index < -0.39 is 6.09 Å². The summed E-state index contributed by atoms with van der Waals surface area (Å²) in [4.78, 5) is 15.2. The second kappa shape index (κ2) is 10.7. The number of piperidine rings is 1. The highest BCUT2D eigenvalue weighted by atomic mass is 32.1. The van der Waals surface area contributed by atoms with Gasteiger partial charge in [0.25, 0.3) is 0 Å². The van der Waals surface area contributed by atoms with Crippen molar-refractivity contribution >= 4 is 23.3 Å². The molecule has 0 atom stereocenters. The molecule has 2 saturated heterocycles. The zero-order valence-corrected chi connectivity index (χ0v) is 17.5. The minimum atomic E-state index is -0.831. The number of likely N-dealkylation sites (tertiary alicyclic amines) is 1. The molecule has 29 heavy (non-hydrogen) atoms. The van der Waals surface area contributed by atoms with E-state index in [0.29, 0.717) is 56.6 Å². The number of morpholine rings is 1. The largest absolute Gasteiger partial charge is 0.493 e. The van der Waals surface area contributed by atoms with E-state index in [9.17, 15) is 9.18 Å². The maximum atomic E-state index is 14.4. The summed E-state index contributed by atoms with van der Waals surface area (Å²) in [6, 6.07) is 4.98. The third-order valence-electron chi connectivity index (χ3n) is 5.64. The highest BCUT2D eigenvalue weighted by Crippen LogP contribution is 2.23. The Kier molecular flexibility index (Phi) is 8.06. The molecule has 8 heteroatoms. The van der Waals surface area contributed by atoms with Crippen LogP contribution in [-0.4, -0.2) is 72.0 Å². The Bertz CT molecular complexity index is 704. The predicted octanol–water partition coefficient (Wildman–Crippen LogP) is 3.58. The predicted molar refractivity (Wildman–Crippen MR) is 112 cm³/mol. The van der Waals surface area contributed by atoms with E-state index in [1.807, 2.05) is 0 Å². The van der Waals surface area contributed by atoms with Gasteiger partial charge < -0.3 is 24.4 Å². The Labute approximate surface area is 176 Å². The maximum absolute atomic E-state index is 14.4. The molecule has 0 aliphatic carbocycles. The van der Waals surface area contributed by atoms with E-state index in [2.05, 4.69) is 4.90 Å². The maximum Gasteiger partial charge on any atom is 0.407 e. The Morgan fingerprint density at radius 3 is 2.59 bits per heavy atom. The van der Waals surface area contributed by atoms with Crippen LogP contribution in [0.1, 0.15) is 31.2 Å². The number of hydrogen-bond donors (Lipinski definition) is 1. The number of carbonyl (C=O) groups is 1. The molecule has 0 unspecified atom stereocenters. The van der Waals surface area contributed by atoms with Crippen LogP contribution in [-0.2, 0) is 11.2 Å². The van der Waals surface area contributed by atoms with Gasteiger partial charge in [0.05, 0.1) is 24.8 Å². The van der Waals surface area contributed by atoms with Gasteiger partial charge in [0, 0.05) is 38.7 Å². The second-order valence-corrected chi connectivity index (χ2v) is 8.10. The first-order valence-corrected chi connectivity index (χ1v) is 10.7. The third-order valence-corrected chi connectivity index (χ3v) is 6.04. The molecule has 2 aliphatic rings. The highest BCUT2D eigenvalue weighted by molar-refractivity contribution is 7.80. The number of halogens is 1. The van der Waals surface area contributed by atoms with Crippen LogP contribution in [0.5, 0.6) is 5.75 Å². The van der Waals surface area contributed by atoms with E-state index in [4.69, 9.17) is 26.8 Å². The minimum absolute atomic E-state index is 0.292. The van der Waals surface area contributed by atoms with Crippen molar-refractivity contribution in [2.45, 2.75) is 32.1 Å². The van der Waals surface area contributed by atoms with Gasteiger partial charge in [0.15, 0.2) is 0 Å². The summed E-state index contributed by atoms with van der Waals surface area (Å²) < 4.78 is 25.5. The van der Waals surface area contributed by atoms with Gasteiger partial charge in [0.2, 0.25) is 0 Å². The Balaban J connectivity index is 1.38. The lowest BCUT2D eigenvalue weighted by molar-refractivity contribution is 0.0684. The van der Waals surface area contributed by atoms with Gasteiger partial charge in [-0.25, -0.2) is 9.18 Å². The summed E-state index contributed by atoms with van der Waals surface area (Å²) in [5.74, 6) is 0.776. The molecule has 1 aromatic rings. The number of ether oxygens (including phenoxy) is 2. The van der Waals surface area contributed by atoms with Gasteiger partial charge >= 0.3 is 6.09 Å². The molecule has 2 heterocycles. The van der Waals surface area contributed by atoms with Gasteiger partial charge in [-0.2, -0.15) is 0 Å². The lowest BCUT2D eigenvalue weighted by atomic mass is 9.92. The fraction of sp³-hybridized carbons (Fsp3) is 0.619. The van der Waals surface area contributed by atoms with E-state index in [0.717, 1.165) is 43.8 Å². The molecule has 1 amide bonds. The van der Waals surface area contributed by atoms with E-state index in [1.54, 1.807) is 12.1 Å². The standard InChI is InChI=1S/C21H29FN2O4S/c22-19-15-18(4-3-17(19)14-20(29)23-9-12-27-13-10-23)28-11-1-2-16-5-7-24(8-6-16)21(25)26/h3-4,15-16H,1-2,5-14H2,(H,25,26). The van der Waals surface area contributed by atoms with Crippen LogP contribution in [0.15, 0.2) is 18.2 Å². The lowest BCUT2D eigenvalue weighted by Gasteiger charge is -2.29. The molecule has 1 aromatic carbocycles. The third kappa shape index (κ3) is 6.54. The molecule has 2 fully saturated rings. The van der Waals surface area contributed by atoms with Gasteiger partial charge in [0.1, 0.15) is 11.6 Å². The van der Waals surface area contributed by atoms with Crippen LogP contribution < -0.4 is 4.74 Å². The van der Waals surface area contributed by atoms with Gasteiger partial charge in [-0.1, -0.05) is 18.3 Å². The van der Waals surface area contributed by atoms with Crippen molar-refractivity contribution in [1.29, 1.82) is 0 Å². The Morgan fingerprint density at radius 2 is 1.93 bits per heavy atom.